The topological polar surface area (TPSA) is 76.8 Å². The first-order chi connectivity index (χ1) is 10.1. The zero-order valence-corrected chi connectivity index (χ0v) is 13.2. The SMILES string of the molecule is CC(C)CN1CCOC(CNC(=O)[C@@H]2CC[C@H](CN)O2)C1. The molecule has 122 valence electrons. The number of ether oxygens (including phenoxy) is 2. The lowest BCUT2D eigenvalue weighted by Crippen LogP contribution is -2.49. The highest BCUT2D eigenvalue weighted by Crippen LogP contribution is 2.18. The van der Waals surface area contributed by atoms with Gasteiger partial charge in [-0.3, -0.25) is 9.69 Å². The molecule has 0 aromatic carbocycles. The molecule has 0 radical (unpaired) electrons. The number of nitrogens with one attached hydrogen (secondary N) is 1. The molecule has 0 aromatic rings. The van der Waals surface area contributed by atoms with Crippen molar-refractivity contribution in [3.05, 3.63) is 0 Å². The molecule has 2 saturated heterocycles. The minimum atomic E-state index is -0.339. The Morgan fingerprint density at radius 1 is 1.38 bits per heavy atom. The number of nitrogens with zero attached hydrogens (tertiary/aromatic N) is 1. The van der Waals surface area contributed by atoms with Gasteiger partial charge in [0.15, 0.2) is 0 Å². The van der Waals surface area contributed by atoms with Crippen molar-refractivity contribution in [3.63, 3.8) is 0 Å². The summed E-state index contributed by atoms with van der Waals surface area (Å²) >= 11 is 0. The maximum atomic E-state index is 12.1. The zero-order valence-electron chi connectivity index (χ0n) is 13.2. The maximum Gasteiger partial charge on any atom is 0.249 e. The average Bonchev–Trinajstić information content (AvgIpc) is 2.93. The van der Waals surface area contributed by atoms with Gasteiger partial charge >= 0.3 is 0 Å². The summed E-state index contributed by atoms with van der Waals surface area (Å²) < 4.78 is 11.3. The van der Waals surface area contributed by atoms with Crippen LogP contribution in [-0.2, 0) is 14.3 Å². The van der Waals surface area contributed by atoms with Gasteiger partial charge in [0.2, 0.25) is 5.91 Å². The van der Waals surface area contributed by atoms with E-state index in [1.54, 1.807) is 0 Å². The average molecular weight is 299 g/mol. The lowest BCUT2D eigenvalue weighted by atomic mass is 10.1. The summed E-state index contributed by atoms with van der Waals surface area (Å²) in [7, 11) is 0. The van der Waals surface area contributed by atoms with E-state index in [2.05, 4.69) is 24.1 Å². The van der Waals surface area contributed by atoms with Gasteiger partial charge in [-0.15, -0.1) is 0 Å². The molecule has 2 aliphatic rings. The summed E-state index contributed by atoms with van der Waals surface area (Å²) in [6, 6.07) is 0. The molecule has 0 saturated carbocycles. The van der Waals surface area contributed by atoms with Gasteiger partial charge in [0, 0.05) is 32.7 Å². The van der Waals surface area contributed by atoms with E-state index < -0.39 is 0 Å². The van der Waals surface area contributed by atoms with E-state index in [0.717, 1.165) is 39.1 Å². The number of nitrogens with two attached hydrogens (primary N) is 1. The minimum absolute atomic E-state index is 0.0319. The molecule has 1 unspecified atom stereocenters. The van der Waals surface area contributed by atoms with E-state index in [4.69, 9.17) is 15.2 Å². The summed E-state index contributed by atoms with van der Waals surface area (Å²) in [6.07, 6.45) is 1.41. The molecule has 0 spiro atoms. The molecule has 0 aromatic heterocycles. The second-order valence-electron chi connectivity index (χ2n) is 6.45. The fourth-order valence-corrected chi connectivity index (χ4v) is 2.99. The fourth-order valence-electron chi connectivity index (χ4n) is 2.99. The Kier molecular flexibility index (Phi) is 6.41. The van der Waals surface area contributed by atoms with Crippen molar-refractivity contribution < 1.29 is 14.3 Å². The number of carbonyl (C=O) groups excluding carboxylic acids is 1. The highest BCUT2D eigenvalue weighted by Gasteiger charge is 2.30. The van der Waals surface area contributed by atoms with Crippen molar-refractivity contribution in [3.8, 4) is 0 Å². The van der Waals surface area contributed by atoms with Crippen LogP contribution in [0.3, 0.4) is 0 Å². The summed E-state index contributed by atoms with van der Waals surface area (Å²) in [5, 5.41) is 2.96. The molecule has 0 bridgehead atoms. The van der Waals surface area contributed by atoms with Crippen LogP contribution in [-0.4, -0.2) is 68.4 Å². The lowest BCUT2D eigenvalue weighted by molar-refractivity contribution is -0.133. The van der Waals surface area contributed by atoms with Crippen LogP contribution in [0, 0.1) is 5.92 Å². The second-order valence-corrected chi connectivity index (χ2v) is 6.45. The molecule has 0 aliphatic carbocycles. The van der Waals surface area contributed by atoms with Crippen LogP contribution in [0.2, 0.25) is 0 Å². The quantitative estimate of drug-likeness (QED) is 0.720. The molecule has 2 heterocycles. The van der Waals surface area contributed by atoms with Gasteiger partial charge in [0.05, 0.1) is 18.8 Å². The molecule has 3 atom stereocenters. The Hall–Kier alpha value is -0.690. The van der Waals surface area contributed by atoms with Gasteiger partial charge in [0.25, 0.3) is 0 Å². The van der Waals surface area contributed by atoms with Crippen LogP contribution in [0.25, 0.3) is 0 Å². The van der Waals surface area contributed by atoms with Crippen molar-refractivity contribution in [2.24, 2.45) is 11.7 Å². The maximum absolute atomic E-state index is 12.1. The fraction of sp³-hybridized carbons (Fsp3) is 0.933. The van der Waals surface area contributed by atoms with E-state index in [0.29, 0.717) is 19.0 Å². The van der Waals surface area contributed by atoms with Crippen LogP contribution in [0.15, 0.2) is 0 Å². The van der Waals surface area contributed by atoms with Crippen LogP contribution < -0.4 is 11.1 Å². The normalized spacial score (nSPS) is 30.8. The third kappa shape index (κ3) is 5.21. The number of morpholine rings is 1. The highest BCUT2D eigenvalue weighted by molar-refractivity contribution is 5.81. The second kappa shape index (κ2) is 8.08. The van der Waals surface area contributed by atoms with Gasteiger partial charge in [-0.25, -0.2) is 0 Å². The number of carbonyl (C=O) groups is 1. The Bertz CT molecular complexity index is 338. The van der Waals surface area contributed by atoms with Crippen LogP contribution in [0.1, 0.15) is 26.7 Å². The molecular weight excluding hydrogens is 270 g/mol. The van der Waals surface area contributed by atoms with E-state index in [1.807, 2.05) is 0 Å². The summed E-state index contributed by atoms with van der Waals surface area (Å²) in [6.45, 7) is 9.16. The molecule has 2 fully saturated rings. The third-order valence-electron chi connectivity index (χ3n) is 4.01. The van der Waals surface area contributed by atoms with Gasteiger partial charge < -0.3 is 20.5 Å². The van der Waals surface area contributed by atoms with Crippen molar-refractivity contribution in [1.82, 2.24) is 10.2 Å². The number of hydrogen-bond donors (Lipinski definition) is 2. The molecule has 3 N–H and O–H groups in total. The van der Waals surface area contributed by atoms with E-state index in [-0.39, 0.29) is 24.2 Å². The predicted octanol–water partition coefficient (Wildman–Crippen LogP) is -0.0343. The number of amides is 1. The third-order valence-corrected chi connectivity index (χ3v) is 4.01. The van der Waals surface area contributed by atoms with Crippen LogP contribution >= 0.6 is 0 Å². The van der Waals surface area contributed by atoms with Crippen LogP contribution in [0.4, 0.5) is 0 Å². The summed E-state index contributed by atoms with van der Waals surface area (Å²) in [5.74, 6) is 0.619. The molecular formula is C15H29N3O3. The molecule has 6 heteroatoms. The standard InChI is InChI=1S/C15H29N3O3/c1-11(2)9-18-5-6-20-13(10-18)8-17-15(19)14-4-3-12(7-16)21-14/h11-14H,3-10,16H2,1-2H3,(H,17,19)/t12-,13?,14+/m1/s1. The highest BCUT2D eigenvalue weighted by atomic mass is 16.5. The van der Waals surface area contributed by atoms with Crippen molar-refractivity contribution in [2.45, 2.75) is 45.0 Å². The smallest absolute Gasteiger partial charge is 0.249 e. The monoisotopic (exact) mass is 299 g/mol. The first-order valence-electron chi connectivity index (χ1n) is 8.05. The minimum Gasteiger partial charge on any atom is -0.374 e. The predicted molar refractivity (Wildman–Crippen MR) is 81.0 cm³/mol. The van der Waals surface area contributed by atoms with Gasteiger partial charge in [-0.2, -0.15) is 0 Å². The van der Waals surface area contributed by atoms with Crippen molar-refractivity contribution in [1.29, 1.82) is 0 Å². The van der Waals surface area contributed by atoms with Crippen LogP contribution in [0.5, 0.6) is 0 Å². The first-order valence-corrected chi connectivity index (χ1v) is 8.05. The van der Waals surface area contributed by atoms with E-state index in [9.17, 15) is 4.79 Å². The van der Waals surface area contributed by atoms with Gasteiger partial charge in [-0.1, -0.05) is 13.8 Å². The number of rotatable bonds is 6. The summed E-state index contributed by atoms with van der Waals surface area (Å²) in [5.41, 5.74) is 5.56. The zero-order chi connectivity index (χ0) is 15.2. The first kappa shape index (κ1) is 16.7. The lowest BCUT2D eigenvalue weighted by Gasteiger charge is -2.34. The van der Waals surface area contributed by atoms with E-state index in [1.165, 1.54) is 0 Å². The Morgan fingerprint density at radius 2 is 2.19 bits per heavy atom. The van der Waals surface area contributed by atoms with Crippen molar-refractivity contribution in [2.75, 3.05) is 39.3 Å². The Labute approximate surface area is 127 Å². The van der Waals surface area contributed by atoms with Gasteiger partial charge in [0.1, 0.15) is 6.10 Å². The largest absolute Gasteiger partial charge is 0.374 e. The number of hydrogen-bond acceptors (Lipinski definition) is 5. The summed E-state index contributed by atoms with van der Waals surface area (Å²) in [4.78, 5) is 14.5. The molecule has 2 rings (SSSR count). The molecule has 21 heavy (non-hydrogen) atoms. The Balaban J connectivity index is 1.69. The van der Waals surface area contributed by atoms with E-state index >= 15 is 0 Å². The molecule has 2 aliphatic heterocycles. The van der Waals surface area contributed by atoms with Gasteiger partial charge in [-0.05, 0) is 18.8 Å². The Morgan fingerprint density at radius 3 is 2.86 bits per heavy atom. The van der Waals surface area contributed by atoms with Crippen molar-refractivity contribution >= 4 is 5.91 Å². The molecule has 1 amide bonds. The molecule has 6 nitrogen and oxygen atoms in total.